The summed E-state index contributed by atoms with van der Waals surface area (Å²) in [6, 6.07) is 8.39. The van der Waals surface area contributed by atoms with Crippen LogP contribution in [-0.2, 0) is 22.7 Å². The third kappa shape index (κ3) is 5.08. The second-order valence-electron chi connectivity index (χ2n) is 11.4. The molecule has 14 heteroatoms. The van der Waals surface area contributed by atoms with Gasteiger partial charge in [-0.3, -0.25) is 24.0 Å². The Bertz CT molecular complexity index is 1830. The van der Waals surface area contributed by atoms with Crippen LogP contribution in [0.4, 0.5) is 13.2 Å². The van der Waals surface area contributed by atoms with Crippen LogP contribution in [0, 0.1) is 28.8 Å². The molecule has 2 bridgehead atoms. The van der Waals surface area contributed by atoms with Gasteiger partial charge in [0.15, 0.2) is 11.4 Å². The zero-order chi connectivity index (χ0) is 32.2. The van der Waals surface area contributed by atoms with Crippen molar-refractivity contribution in [3.8, 4) is 11.8 Å². The fraction of sp³-hybridized carbons (Fsp3) is 0.323. The molecule has 3 aliphatic rings. The number of amides is 3. The fourth-order valence-electron chi connectivity index (χ4n) is 6.24. The summed E-state index contributed by atoms with van der Waals surface area (Å²) in [7, 11) is 0. The maximum absolute atomic E-state index is 14.2. The zero-order valence-corrected chi connectivity index (χ0v) is 23.8. The minimum Gasteiger partial charge on any atom is -0.503 e. The smallest absolute Gasteiger partial charge is 0.274 e. The van der Waals surface area contributed by atoms with Gasteiger partial charge in [-0.05, 0) is 37.5 Å². The minimum atomic E-state index is -1.24. The quantitative estimate of drug-likeness (QED) is 0.446. The molecule has 232 valence electrons. The lowest BCUT2D eigenvalue weighted by Gasteiger charge is -2.42. The van der Waals surface area contributed by atoms with E-state index in [4.69, 9.17) is 10.1 Å². The molecule has 2 fully saturated rings. The first-order valence-electron chi connectivity index (χ1n) is 14.1. The predicted octanol–water partition coefficient (Wildman–Crippen LogP) is 3.05. The number of aromatic nitrogens is 1. The van der Waals surface area contributed by atoms with Crippen molar-refractivity contribution in [2.24, 2.45) is 0 Å². The number of benzene rings is 2. The van der Waals surface area contributed by atoms with Crippen molar-refractivity contribution >= 4 is 17.7 Å². The maximum Gasteiger partial charge on any atom is 0.274 e. The Labute approximate surface area is 254 Å². The molecule has 2 saturated heterocycles. The summed E-state index contributed by atoms with van der Waals surface area (Å²) in [4.78, 5) is 61.0. The van der Waals surface area contributed by atoms with Gasteiger partial charge in [0, 0.05) is 43.0 Å². The van der Waals surface area contributed by atoms with E-state index in [1.165, 1.54) is 14.5 Å². The Morgan fingerprint density at radius 2 is 1.84 bits per heavy atom. The van der Waals surface area contributed by atoms with E-state index in [1.807, 2.05) is 6.07 Å². The number of hydrogen-bond donors (Lipinski definition) is 2. The van der Waals surface area contributed by atoms with Gasteiger partial charge in [-0.15, -0.1) is 0 Å². The van der Waals surface area contributed by atoms with E-state index in [1.54, 1.807) is 31.2 Å². The highest BCUT2D eigenvalue weighted by atomic mass is 19.1. The molecule has 3 atom stereocenters. The first kappa shape index (κ1) is 29.9. The van der Waals surface area contributed by atoms with Gasteiger partial charge < -0.3 is 19.9 Å². The van der Waals surface area contributed by atoms with Crippen LogP contribution in [0.1, 0.15) is 69.8 Å². The van der Waals surface area contributed by atoms with Crippen molar-refractivity contribution in [3.05, 3.63) is 98.2 Å². The summed E-state index contributed by atoms with van der Waals surface area (Å²) < 4.78 is 42.9. The largest absolute Gasteiger partial charge is 0.503 e. The van der Waals surface area contributed by atoms with Crippen LogP contribution in [0.15, 0.2) is 47.4 Å². The number of pyridine rings is 1. The van der Waals surface area contributed by atoms with Gasteiger partial charge >= 0.3 is 0 Å². The average Bonchev–Trinajstić information content (AvgIpc) is 3.26. The van der Waals surface area contributed by atoms with Crippen molar-refractivity contribution in [2.75, 3.05) is 6.54 Å². The second kappa shape index (κ2) is 11.1. The highest BCUT2D eigenvalue weighted by molar-refractivity contribution is 5.99. The first-order valence-corrected chi connectivity index (χ1v) is 14.1. The van der Waals surface area contributed by atoms with Crippen LogP contribution in [-0.4, -0.2) is 55.5 Å². The standard InChI is InChI=1S/C31H26F3N5O6/c1-16-6-7-31(10-25(40)39(45-31)13-18-4-2-17(11-35)3-5-18)24-15-37(16)30(44)26-28(42)27(41)21(14-38(24)26)29(43)36-12-20-22(33)8-19(32)9-23(20)34/h2-5,8-9,14,16,24,42H,6-7,10,12-13,15H2,1H3,(H,36,43)/t16-,24+,31-/m0/s1. The number of nitrogens with zero attached hydrogens (tertiary/aromatic N) is 4. The lowest BCUT2D eigenvalue weighted by molar-refractivity contribution is -0.218. The third-order valence-electron chi connectivity index (χ3n) is 8.71. The Morgan fingerprint density at radius 1 is 1.16 bits per heavy atom. The molecule has 2 aromatic carbocycles. The molecular formula is C31H26F3N5O6. The molecular weight excluding hydrogens is 595 g/mol. The molecule has 3 amide bonds. The molecule has 0 aliphatic carbocycles. The Kier molecular flexibility index (Phi) is 7.36. The van der Waals surface area contributed by atoms with Gasteiger partial charge in [0.25, 0.3) is 11.8 Å². The monoisotopic (exact) mass is 621 g/mol. The van der Waals surface area contributed by atoms with Gasteiger partial charge in [0.2, 0.25) is 11.3 Å². The summed E-state index contributed by atoms with van der Waals surface area (Å²) in [5, 5.41) is 23.5. The average molecular weight is 622 g/mol. The summed E-state index contributed by atoms with van der Waals surface area (Å²) in [6.07, 6.45) is 1.73. The van der Waals surface area contributed by atoms with Gasteiger partial charge in [0.05, 0.1) is 30.6 Å². The SMILES string of the molecule is C[C@H]1CC[C@]2(CC(=O)N(Cc3ccc(C#N)cc3)O2)[C@H]2CN1C(=O)c1c(O)c(=O)c(C(=O)NCc3c(F)cc(F)cc3F)cn12. The van der Waals surface area contributed by atoms with Crippen LogP contribution in [0.3, 0.4) is 0 Å². The summed E-state index contributed by atoms with van der Waals surface area (Å²) >= 11 is 0. The molecule has 3 aliphatic heterocycles. The number of nitrogens with one attached hydrogen (secondary N) is 1. The highest BCUT2D eigenvalue weighted by Gasteiger charge is 2.56. The number of carbonyl (C=O) groups is 3. The number of hydroxylamine groups is 2. The van der Waals surface area contributed by atoms with E-state index in [9.17, 15) is 37.5 Å². The predicted molar refractivity (Wildman–Crippen MR) is 149 cm³/mol. The van der Waals surface area contributed by atoms with Gasteiger partial charge in [-0.1, -0.05) is 12.1 Å². The number of carbonyl (C=O) groups excluding carboxylic acids is 3. The van der Waals surface area contributed by atoms with Gasteiger partial charge in [0.1, 0.15) is 28.6 Å². The number of aromatic hydroxyl groups is 1. The molecule has 2 N–H and O–H groups in total. The van der Waals surface area contributed by atoms with Crippen molar-refractivity contribution < 1.29 is 37.5 Å². The van der Waals surface area contributed by atoms with Crippen LogP contribution < -0.4 is 10.7 Å². The number of hydrogen-bond acceptors (Lipinski definition) is 7. The highest BCUT2D eigenvalue weighted by Crippen LogP contribution is 2.47. The number of rotatable bonds is 5. The Balaban J connectivity index is 1.36. The van der Waals surface area contributed by atoms with E-state index in [2.05, 4.69) is 5.32 Å². The third-order valence-corrected chi connectivity index (χ3v) is 8.71. The first-order chi connectivity index (χ1) is 21.4. The van der Waals surface area contributed by atoms with E-state index in [0.717, 1.165) is 6.20 Å². The summed E-state index contributed by atoms with van der Waals surface area (Å²) in [6.45, 7) is 1.18. The Hall–Kier alpha value is -5.16. The summed E-state index contributed by atoms with van der Waals surface area (Å²) in [5.74, 6) is -6.73. The van der Waals surface area contributed by atoms with E-state index >= 15 is 0 Å². The number of fused-ring (bicyclic) bond motifs is 5. The van der Waals surface area contributed by atoms with Crippen molar-refractivity contribution in [1.29, 1.82) is 5.26 Å². The molecule has 3 aromatic rings. The molecule has 45 heavy (non-hydrogen) atoms. The van der Waals surface area contributed by atoms with Crippen molar-refractivity contribution in [1.82, 2.24) is 19.8 Å². The molecule has 1 spiro atoms. The van der Waals surface area contributed by atoms with E-state index in [-0.39, 0.29) is 37.2 Å². The molecule has 0 radical (unpaired) electrons. The van der Waals surface area contributed by atoms with Crippen molar-refractivity contribution in [3.63, 3.8) is 0 Å². The molecule has 0 saturated carbocycles. The van der Waals surface area contributed by atoms with Crippen LogP contribution in [0.5, 0.6) is 5.75 Å². The lowest BCUT2D eigenvalue weighted by atomic mass is 9.85. The Morgan fingerprint density at radius 3 is 2.51 bits per heavy atom. The molecule has 0 unspecified atom stereocenters. The molecule has 6 rings (SSSR count). The maximum atomic E-state index is 14.2. The second-order valence-corrected chi connectivity index (χ2v) is 11.4. The zero-order valence-electron chi connectivity index (χ0n) is 23.8. The van der Waals surface area contributed by atoms with E-state index < -0.39 is 69.8 Å². The van der Waals surface area contributed by atoms with Crippen LogP contribution in [0.2, 0.25) is 0 Å². The van der Waals surface area contributed by atoms with Crippen LogP contribution in [0.25, 0.3) is 0 Å². The van der Waals surface area contributed by atoms with E-state index in [0.29, 0.717) is 36.1 Å². The van der Waals surface area contributed by atoms with Crippen molar-refractivity contribution in [2.45, 2.75) is 57.0 Å². The fourth-order valence-corrected chi connectivity index (χ4v) is 6.24. The molecule has 4 heterocycles. The number of nitriles is 1. The molecule has 1 aromatic heterocycles. The lowest BCUT2D eigenvalue weighted by Crippen LogP contribution is -2.52. The van der Waals surface area contributed by atoms with Crippen LogP contribution >= 0.6 is 0 Å². The summed E-state index contributed by atoms with van der Waals surface area (Å²) in [5.41, 5.74) is -2.89. The van der Waals surface area contributed by atoms with Gasteiger partial charge in [-0.2, -0.15) is 5.26 Å². The van der Waals surface area contributed by atoms with Gasteiger partial charge in [-0.25, -0.2) is 18.2 Å². The molecule has 11 nitrogen and oxygen atoms in total. The topological polar surface area (TPSA) is 145 Å². The number of halogens is 3. The normalized spacial score (nSPS) is 22.3. The minimum absolute atomic E-state index is 0.0420.